The van der Waals surface area contributed by atoms with Crippen molar-refractivity contribution >= 4 is 11.8 Å². The normalized spacial score (nSPS) is 28.5. The minimum atomic E-state index is -0.790. The number of rotatable bonds is 4. The van der Waals surface area contributed by atoms with E-state index < -0.39 is 5.72 Å². The Balaban J connectivity index is 1.31. The van der Waals surface area contributed by atoms with Crippen molar-refractivity contribution in [1.29, 1.82) is 0 Å². The first-order chi connectivity index (χ1) is 15.0. The Morgan fingerprint density at radius 3 is 2.87 bits per heavy atom. The van der Waals surface area contributed by atoms with Gasteiger partial charge in [-0.25, -0.2) is 4.39 Å². The van der Waals surface area contributed by atoms with E-state index in [0.717, 1.165) is 12.8 Å². The van der Waals surface area contributed by atoms with E-state index in [1.54, 1.807) is 43.5 Å². The molecule has 2 aromatic rings. The fourth-order valence-electron chi connectivity index (χ4n) is 5.39. The Labute approximate surface area is 180 Å². The monoisotopic (exact) mass is 424 g/mol. The second-order valence-electron chi connectivity index (χ2n) is 8.70. The van der Waals surface area contributed by atoms with Crippen LogP contribution < -0.4 is 20.1 Å². The zero-order chi connectivity index (χ0) is 21.6. The summed E-state index contributed by atoms with van der Waals surface area (Å²) in [6.45, 7) is 0.172. The van der Waals surface area contributed by atoms with Gasteiger partial charge in [-0.1, -0.05) is 18.2 Å². The van der Waals surface area contributed by atoms with Crippen LogP contribution in [-0.4, -0.2) is 24.6 Å². The van der Waals surface area contributed by atoms with Crippen molar-refractivity contribution in [1.82, 2.24) is 10.6 Å². The highest BCUT2D eigenvalue weighted by Crippen LogP contribution is 2.52. The molecule has 3 fully saturated rings. The van der Waals surface area contributed by atoms with Crippen LogP contribution in [0.5, 0.6) is 11.5 Å². The van der Waals surface area contributed by atoms with Crippen LogP contribution in [0.3, 0.4) is 0 Å². The summed E-state index contributed by atoms with van der Waals surface area (Å²) in [5, 5.41) is 6.00. The number of carbonyl (C=O) groups is 2. The lowest BCUT2D eigenvalue weighted by Gasteiger charge is -2.55. The van der Waals surface area contributed by atoms with Crippen molar-refractivity contribution in [2.45, 2.75) is 38.0 Å². The van der Waals surface area contributed by atoms with Crippen molar-refractivity contribution < 1.29 is 23.5 Å². The number of ether oxygens (including phenoxy) is 2. The molecule has 31 heavy (non-hydrogen) atoms. The molecule has 4 atom stereocenters. The predicted octanol–water partition coefficient (Wildman–Crippen LogP) is 3.41. The van der Waals surface area contributed by atoms with E-state index in [4.69, 9.17) is 9.47 Å². The zero-order valence-electron chi connectivity index (χ0n) is 17.3. The third-order valence-electron chi connectivity index (χ3n) is 7.02. The molecule has 2 N–H and O–H groups in total. The van der Waals surface area contributed by atoms with E-state index in [0.29, 0.717) is 35.5 Å². The van der Waals surface area contributed by atoms with E-state index in [9.17, 15) is 14.0 Å². The standard InChI is InChI=1S/C24H25FN2O4/c1-30-17-8-9-18-21(11-17)31-24(27-23(18)29)12-14-6-7-16(24)10-19(14)22(28)26-13-15-4-2-3-5-20(15)25/h2-5,8-9,11,14,16,19H,6-7,10,12-13H2,1H3,(H,26,28)(H,27,29)/t14-,16-,19+,24-/m1/s1. The molecule has 1 heterocycles. The summed E-state index contributed by atoms with van der Waals surface area (Å²) >= 11 is 0. The highest BCUT2D eigenvalue weighted by atomic mass is 19.1. The molecule has 3 saturated carbocycles. The van der Waals surface area contributed by atoms with E-state index in [1.807, 2.05) is 0 Å². The van der Waals surface area contributed by atoms with Gasteiger partial charge >= 0.3 is 0 Å². The number of nitrogens with one attached hydrogen (secondary N) is 2. The molecule has 2 aromatic carbocycles. The van der Waals surface area contributed by atoms with Gasteiger partial charge in [0.25, 0.3) is 5.91 Å². The number of methoxy groups -OCH3 is 1. The highest BCUT2D eigenvalue weighted by Gasteiger charge is 2.57. The lowest BCUT2D eigenvalue weighted by atomic mass is 9.60. The smallest absolute Gasteiger partial charge is 0.258 e. The first-order valence-corrected chi connectivity index (χ1v) is 10.7. The van der Waals surface area contributed by atoms with Gasteiger partial charge in [0.1, 0.15) is 17.3 Å². The van der Waals surface area contributed by atoms with Crippen LogP contribution in [0.25, 0.3) is 0 Å². The molecular formula is C24H25FN2O4. The summed E-state index contributed by atoms with van der Waals surface area (Å²) in [7, 11) is 1.58. The van der Waals surface area contributed by atoms with E-state index in [2.05, 4.69) is 10.6 Å². The largest absolute Gasteiger partial charge is 0.497 e. The number of carbonyl (C=O) groups excluding carboxylic acids is 2. The fraction of sp³-hybridized carbons (Fsp3) is 0.417. The summed E-state index contributed by atoms with van der Waals surface area (Å²) in [6, 6.07) is 11.6. The van der Waals surface area contributed by atoms with Crippen molar-refractivity contribution in [3.05, 3.63) is 59.4 Å². The molecule has 0 unspecified atom stereocenters. The third-order valence-corrected chi connectivity index (χ3v) is 7.02. The topological polar surface area (TPSA) is 76.7 Å². The summed E-state index contributed by atoms with van der Waals surface area (Å²) in [6.07, 6.45) is 3.01. The second kappa shape index (κ2) is 7.55. The molecule has 2 amide bonds. The average molecular weight is 424 g/mol. The molecule has 1 spiro atoms. The average Bonchev–Trinajstić information content (AvgIpc) is 2.78. The number of fused-ring (bicyclic) bond motifs is 3. The van der Waals surface area contributed by atoms with Gasteiger partial charge in [0.05, 0.1) is 12.7 Å². The lowest BCUT2D eigenvalue weighted by Crippen LogP contribution is -2.66. The molecule has 1 aliphatic heterocycles. The first kappa shape index (κ1) is 19.8. The molecular weight excluding hydrogens is 399 g/mol. The van der Waals surface area contributed by atoms with Gasteiger partial charge in [-0.2, -0.15) is 0 Å². The van der Waals surface area contributed by atoms with Gasteiger partial charge in [0.2, 0.25) is 5.91 Å². The summed E-state index contributed by atoms with van der Waals surface area (Å²) < 4.78 is 25.5. The first-order valence-electron chi connectivity index (χ1n) is 10.7. The van der Waals surface area contributed by atoms with Gasteiger partial charge < -0.3 is 20.1 Å². The molecule has 6 rings (SSSR count). The zero-order valence-corrected chi connectivity index (χ0v) is 17.3. The van der Waals surface area contributed by atoms with Crippen LogP contribution in [0.2, 0.25) is 0 Å². The molecule has 0 saturated heterocycles. The molecule has 6 nitrogen and oxygen atoms in total. The molecule has 7 heteroatoms. The van der Waals surface area contributed by atoms with Gasteiger partial charge in [-0.05, 0) is 43.4 Å². The Morgan fingerprint density at radius 1 is 1.29 bits per heavy atom. The van der Waals surface area contributed by atoms with E-state index in [1.165, 1.54) is 6.07 Å². The molecule has 4 aliphatic rings. The third kappa shape index (κ3) is 3.42. The number of hydrogen-bond acceptors (Lipinski definition) is 4. The summed E-state index contributed by atoms with van der Waals surface area (Å²) in [4.78, 5) is 25.7. The van der Waals surface area contributed by atoms with Crippen LogP contribution in [0.1, 0.15) is 41.6 Å². The Kier molecular flexibility index (Phi) is 4.84. The highest BCUT2D eigenvalue weighted by molar-refractivity contribution is 5.98. The molecule has 0 aromatic heterocycles. The number of amides is 2. The lowest BCUT2D eigenvalue weighted by molar-refractivity contribution is -0.146. The molecule has 3 aliphatic carbocycles. The van der Waals surface area contributed by atoms with Gasteiger partial charge in [0.15, 0.2) is 5.72 Å². The maximum Gasteiger partial charge on any atom is 0.258 e. The maximum absolute atomic E-state index is 13.9. The minimum absolute atomic E-state index is 0.0324. The van der Waals surface area contributed by atoms with E-state index in [-0.39, 0.29) is 41.9 Å². The van der Waals surface area contributed by atoms with Crippen LogP contribution in [0, 0.1) is 23.6 Å². The van der Waals surface area contributed by atoms with Crippen molar-refractivity contribution in [3.8, 4) is 11.5 Å². The molecule has 2 bridgehead atoms. The molecule has 162 valence electrons. The van der Waals surface area contributed by atoms with Gasteiger partial charge in [0, 0.05) is 36.4 Å². The van der Waals surface area contributed by atoms with Crippen LogP contribution in [-0.2, 0) is 11.3 Å². The molecule has 0 radical (unpaired) electrons. The minimum Gasteiger partial charge on any atom is -0.497 e. The van der Waals surface area contributed by atoms with Gasteiger partial charge in [-0.15, -0.1) is 0 Å². The van der Waals surface area contributed by atoms with Crippen LogP contribution >= 0.6 is 0 Å². The van der Waals surface area contributed by atoms with Crippen molar-refractivity contribution in [3.63, 3.8) is 0 Å². The number of halogens is 1. The summed E-state index contributed by atoms with van der Waals surface area (Å²) in [5.74, 6) is 0.589. The summed E-state index contributed by atoms with van der Waals surface area (Å²) in [5.41, 5.74) is 0.176. The second-order valence-corrected chi connectivity index (χ2v) is 8.70. The Bertz CT molecular complexity index is 1040. The Hall–Kier alpha value is -3.09. The quantitative estimate of drug-likeness (QED) is 0.789. The van der Waals surface area contributed by atoms with Crippen molar-refractivity contribution in [2.75, 3.05) is 7.11 Å². The van der Waals surface area contributed by atoms with Crippen LogP contribution in [0.15, 0.2) is 42.5 Å². The van der Waals surface area contributed by atoms with E-state index >= 15 is 0 Å². The van der Waals surface area contributed by atoms with Crippen LogP contribution in [0.4, 0.5) is 4.39 Å². The Morgan fingerprint density at radius 2 is 2.13 bits per heavy atom. The van der Waals surface area contributed by atoms with Gasteiger partial charge in [-0.3, -0.25) is 9.59 Å². The fourth-order valence-corrected chi connectivity index (χ4v) is 5.39. The predicted molar refractivity (Wildman–Crippen MR) is 111 cm³/mol. The maximum atomic E-state index is 13.9. The number of hydrogen-bond donors (Lipinski definition) is 2. The SMILES string of the molecule is COc1ccc2c(c1)O[C@@]1(C[C@H]3CC[C@@H]1C[C@@H]3C(=O)NCc1ccccc1F)NC2=O. The van der Waals surface area contributed by atoms with Crippen molar-refractivity contribution in [2.24, 2.45) is 17.8 Å². The number of benzene rings is 2.